The summed E-state index contributed by atoms with van der Waals surface area (Å²) in [5, 5.41) is 11.9. The molecule has 1 N–H and O–H groups in total. The van der Waals surface area contributed by atoms with Crippen molar-refractivity contribution in [2.45, 2.75) is 51.2 Å². The van der Waals surface area contributed by atoms with Crippen LogP contribution in [0.1, 0.15) is 47.6 Å². The van der Waals surface area contributed by atoms with Gasteiger partial charge in [0.1, 0.15) is 12.4 Å². The number of aromatic nitrogens is 2. The summed E-state index contributed by atoms with van der Waals surface area (Å²) in [4.78, 5) is 30.6. The van der Waals surface area contributed by atoms with Crippen molar-refractivity contribution in [1.82, 2.24) is 9.55 Å². The number of thioether (sulfide) groups is 1. The summed E-state index contributed by atoms with van der Waals surface area (Å²) in [6.07, 6.45) is 1.06. The lowest BCUT2D eigenvalue weighted by atomic mass is 9.86. The number of hydrogen-bond donors (Lipinski definition) is 2. The summed E-state index contributed by atoms with van der Waals surface area (Å²) in [5.41, 5.74) is 2.53. The van der Waals surface area contributed by atoms with Crippen LogP contribution in [0, 0.1) is 12.7 Å². The minimum atomic E-state index is -1.88. The highest BCUT2D eigenvalue weighted by Crippen LogP contribution is 2.41. The van der Waals surface area contributed by atoms with Gasteiger partial charge in [0.2, 0.25) is 0 Å². The van der Waals surface area contributed by atoms with Gasteiger partial charge in [-0.15, -0.1) is 0 Å². The quantitative estimate of drug-likeness (QED) is 0.236. The molecule has 0 radical (unpaired) electrons. The number of carbonyl (C=O) groups excluding carboxylic acids is 1. The van der Waals surface area contributed by atoms with E-state index in [1.165, 1.54) is 6.07 Å². The Kier molecular flexibility index (Phi) is 5.98. The minimum absolute atomic E-state index is 0.0806. The normalized spacial score (nSPS) is 18.6. The Balaban J connectivity index is 1.74. The van der Waals surface area contributed by atoms with Crippen LogP contribution >= 0.6 is 24.4 Å². The number of cyclic esters (lactones) is 1. The van der Waals surface area contributed by atoms with Gasteiger partial charge >= 0.3 is 5.97 Å². The maximum absolute atomic E-state index is 14.5. The highest BCUT2D eigenvalue weighted by Gasteiger charge is 2.45. The molecule has 0 bridgehead atoms. The molecule has 178 valence electrons. The number of fused-ring (bicyclic) bond motifs is 5. The largest absolute Gasteiger partial charge is 0.458 e. The number of halogens is 1. The molecule has 0 amide bonds. The fraction of sp³-hybridized carbons (Fsp3) is 0.400. The number of benzene rings is 1. The molecule has 0 fully saturated rings. The van der Waals surface area contributed by atoms with Gasteiger partial charge in [0, 0.05) is 28.3 Å². The molecule has 5 rings (SSSR count). The second-order valence-electron chi connectivity index (χ2n) is 8.77. The summed E-state index contributed by atoms with van der Waals surface area (Å²) in [7, 11) is 0. The van der Waals surface area contributed by atoms with E-state index in [0.29, 0.717) is 34.8 Å². The van der Waals surface area contributed by atoms with Gasteiger partial charge in [-0.3, -0.25) is 4.79 Å². The molecule has 6 nitrogen and oxygen atoms in total. The van der Waals surface area contributed by atoms with Crippen molar-refractivity contribution in [3.8, 4) is 11.4 Å². The smallest absolute Gasteiger partial charge is 0.343 e. The second-order valence-corrected chi connectivity index (χ2v) is 10.3. The number of rotatable bonds is 6. The maximum atomic E-state index is 14.5. The van der Waals surface area contributed by atoms with Gasteiger partial charge < -0.3 is 14.4 Å². The third-order valence-corrected chi connectivity index (χ3v) is 8.17. The van der Waals surface area contributed by atoms with Crippen molar-refractivity contribution >= 4 is 41.3 Å². The number of carbonyl (C=O) groups is 1. The molecule has 1 atom stereocenters. The van der Waals surface area contributed by atoms with Crippen LogP contribution in [-0.2, 0) is 34.0 Å². The number of thiol groups is 1. The first-order chi connectivity index (χ1) is 16.3. The van der Waals surface area contributed by atoms with Crippen LogP contribution in [0.4, 0.5) is 4.39 Å². The van der Waals surface area contributed by atoms with Crippen LogP contribution in [0.2, 0.25) is 0 Å². The first kappa shape index (κ1) is 23.4. The number of ether oxygens (including phenoxy) is 1. The van der Waals surface area contributed by atoms with E-state index in [0.717, 1.165) is 34.4 Å². The Labute approximate surface area is 205 Å². The monoisotopic (exact) mass is 500 g/mol. The number of aryl methyl sites for hydroxylation is 1. The van der Waals surface area contributed by atoms with Gasteiger partial charge in [0.25, 0.3) is 5.56 Å². The molecule has 0 aliphatic carbocycles. The lowest BCUT2D eigenvalue weighted by Gasteiger charge is -2.31. The van der Waals surface area contributed by atoms with E-state index in [9.17, 15) is 19.1 Å². The van der Waals surface area contributed by atoms with Crippen LogP contribution < -0.4 is 5.56 Å². The van der Waals surface area contributed by atoms with E-state index in [4.69, 9.17) is 9.72 Å². The van der Waals surface area contributed by atoms with Gasteiger partial charge in [-0.1, -0.05) is 6.92 Å². The van der Waals surface area contributed by atoms with Crippen molar-refractivity contribution in [1.29, 1.82) is 0 Å². The van der Waals surface area contributed by atoms with Crippen LogP contribution in [0.25, 0.3) is 22.3 Å². The van der Waals surface area contributed by atoms with Gasteiger partial charge in [0.05, 0.1) is 29.0 Å². The summed E-state index contributed by atoms with van der Waals surface area (Å²) < 4.78 is 21.2. The van der Waals surface area contributed by atoms with Gasteiger partial charge in [-0.25, -0.2) is 14.2 Å². The number of pyridine rings is 2. The molecule has 9 heteroatoms. The molecule has 3 aromatic rings. The topological polar surface area (TPSA) is 81.4 Å². The molecule has 0 saturated carbocycles. The van der Waals surface area contributed by atoms with Crippen molar-refractivity contribution < 1.29 is 19.0 Å². The summed E-state index contributed by atoms with van der Waals surface area (Å²) >= 11 is 6.06. The molecule has 0 spiro atoms. The molecule has 1 aromatic carbocycles. The van der Waals surface area contributed by atoms with E-state index in [-0.39, 0.29) is 35.5 Å². The molecule has 0 unspecified atom stereocenters. The summed E-state index contributed by atoms with van der Waals surface area (Å²) in [6, 6.07) is 4.95. The lowest BCUT2D eigenvalue weighted by molar-refractivity contribution is -0.172. The number of esters is 1. The Morgan fingerprint density at radius 3 is 2.82 bits per heavy atom. The van der Waals surface area contributed by atoms with Gasteiger partial charge in [-0.05, 0) is 54.5 Å². The molecule has 2 aliphatic rings. The summed E-state index contributed by atoms with van der Waals surface area (Å²) in [6.45, 7) is 3.57. The average molecular weight is 501 g/mol. The third-order valence-electron chi connectivity index (χ3n) is 6.78. The molecular formula is C25H25FN2O4S2. The molecule has 0 saturated heterocycles. The Morgan fingerprint density at radius 1 is 1.29 bits per heavy atom. The Hall–Kier alpha value is -2.36. The second kappa shape index (κ2) is 8.70. The van der Waals surface area contributed by atoms with E-state index < -0.39 is 11.6 Å². The first-order valence-corrected chi connectivity index (χ1v) is 13.1. The van der Waals surface area contributed by atoms with Crippen LogP contribution in [0.5, 0.6) is 0 Å². The van der Waals surface area contributed by atoms with Crippen molar-refractivity contribution in [2.75, 3.05) is 11.5 Å². The highest BCUT2D eigenvalue weighted by atomic mass is 32.2. The van der Waals surface area contributed by atoms with Crippen LogP contribution in [0.15, 0.2) is 23.0 Å². The van der Waals surface area contributed by atoms with Gasteiger partial charge in [-0.2, -0.15) is 24.4 Å². The van der Waals surface area contributed by atoms with Crippen molar-refractivity contribution in [2.24, 2.45) is 0 Å². The minimum Gasteiger partial charge on any atom is -0.458 e. The van der Waals surface area contributed by atoms with Crippen molar-refractivity contribution in [3.05, 3.63) is 62.2 Å². The zero-order valence-electron chi connectivity index (χ0n) is 19.0. The fourth-order valence-electron chi connectivity index (χ4n) is 4.80. The third kappa shape index (κ3) is 3.48. The van der Waals surface area contributed by atoms with Gasteiger partial charge in [0.15, 0.2) is 5.60 Å². The molecular weight excluding hydrogens is 475 g/mol. The van der Waals surface area contributed by atoms with Crippen LogP contribution in [-0.4, -0.2) is 32.1 Å². The zero-order chi connectivity index (χ0) is 24.2. The molecule has 4 heterocycles. The van der Waals surface area contributed by atoms with Crippen molar-refractivity contribution in [3.63, 3.8) is 0 Å². The molecule has 2 aromatic heterocycles. The standard InChI is InChI=1S/C25H25FN2O4S2/c1-3-25(31)18-8-21-22-15(10-28(21)23(29)16(18)11-32-24(25)30)17(12-34-6-4-5-33)14-7-13(2)19(26)9-20(14)27-22/h7-9,31,33H,3-6,10-12H2,1-2H3/t25-/m0/s1. The molecule has 34 heavy (non-hydrogen) atoms. The van der Waals surface area contributed by atoms with E-state index in [2.05, 4.69) is 12.6 Å². The fourth-order valence-corrected chi connectivity index (χ4v) is 6.20. The van der Waals surface area contributed by atoms with E-state index in [1.54, 1.807) is 36.2 Å². The SMILES string of the molecule is CC[C@@]1(O)C(=O)OCc2c1cc1n(c2=O)Cc2c-1nc1cc(F)c(C)cc1c2CSCCCS. The average Bonchev–Trinajstić information content (AvgIpc) is 3.19. The predicted molar refractivity (Wildman–Crippen MR) is 134 cm³/mol. The predicted octanol–water partition coefficient (Wildman–Crippen LogP) is 4.08. The number of nitrogens with zero attached hydrogens (tertiary/aromatic N) is 2. The van der Waals surface area contributed by atoms with E-state index >= 15 is 0 Å². The lowest BCUT2D eigenvalue weighted by Crippen LogP contribution is -2.44. The Bertz CT molecular complexity index is 1400. The Morgan fingerprint density at radius 2 is 2.09 bits per heavy atom. The van der Waals surface area contributed by atoms with E-state index in [1.807, 2.05) is 6.07 Å². The first-order valence-electron chi connectivity index (χ1n) is 11.3. The maximum Gasteiger partial charge on any atom is 0.343 e. The highest BCUT2D eigenvalue weighted by molar-refractivity contribution is 7.98. The zero-order valence-corrected chi connectivity index (χ0v) is 20.7. The number of aliphatic hydroxyl groups is 1. The summed E-state index contributed by atoms with van der Waals surface area (Å²) in [5.74, 6) is 1.35. The van der Waals surface area contributed by atoms with Crippen LogP contribution in [0.3, 0.4) is 0 Å². The number of hydrogen-bond acceptors (Lipinski definition) is 7. The molecule has 2 aliphatic heterocycles.